The lowest BCUT2D eigenvalue weighted by Crippen LogP contribution is -2.46. The van der Waals surface area contributed by atoms with Gasteiger partial charge in [0.2, 0.25) is 5.91 Å². The lowest BCUT2D eigenvalue weighted by Gasteiger charge is -2.19. The molecule has 0 aliphatic carbocycles. The van der Waals surface area contributed by atoms with Gasteiger partial charge in [-0.25, -0.2) is 9.78 Å². The number of carbonyl (C=O) groups is 2. The van der Waals surface area contributed by atoms with Gasteiger partial charge in [0.25, 0.3) is 0 Å². The van der Waals surface area contributed by atoms with Gasteiger partial charge in [-0.15, -0.1) is 11.3 Å². The molecule has 1 saturated heterocycles. The molecule has 2 rings (SSSR count). The largest absolute Gasteiger partial charge is 0.434 e. The number of nitrogens with one attached hydrogen (secondary N) is 1. The summed E-state index contributed by atoms with van der Waals surface area (Å²) < 4.78 is 37.4. The lowest BCUT2D eigenvalue weighted by atomic mass is 10.2. The molecule has 10 heteroatoms. The molecule has 0 bridgehead atoms. The molecule has 0 spiro atoms. The van der Waals surface area contributed by atoms with Gasteiger partial charge >= 0.3 is 12.2 Å². The number of amides is 3. The highest BCUT2D eigenvalue weighted by atomic mass is 32.1. The summed E-state index contributed by atoms with van der Waals surface area (Å²) in [5.41, 5.74) is -0.964. The normalized spacial score (nSPS) is 18.7. The molecule has 0 unspecified atom stereocenters. The molecule has 1 aromatic rings. The van der Waals surface area contributed by atoms with Gasteiger partial charge < -0.3 is 15.1 Å². The number of thiazole rings is 1. The maximum Gasteiger partial charge on any atom is 0.434 e. The van der Waals surface area contributed by atoms with E-state index < -0.39 is 23.9 Å². The third-order valence-electron chi connectivity index (χ3n) is 3.29. The van der Waals surface area contributed by atoms with Crippen LogP contribution in [0.1, 0.15) is 17.1 Å². The number of likely N-dealkylation sites (tertiary alicyclic amines) is 1. The number of hydrogen-bond acceptors (Lipinski definition) is 4. The first-order chi connectivity index (χ1) is 10.2. The van der Waals surface area contributed by atoms with Gasteiger partial charge in [0.05, 0.1) is 6.54 Å². The van der Waals surface area contributed by atoms with Crippen molar-refractivity contribution in [1.82, 2.24) is 20.1 Å². The maximum absolute atomic E-state index is 12.5. The maximum atomic E-state index is 12.5. The number of hydrogen-bond donors (Lipinski definition) is 1. The first kappa shape index (κ1) is 16.5. The van der Waals surface area contributed by atoms with Crippen molar-refractivity contribution in [1.29, 1.82) is 0 Å². The average Bonchev–Trinajstić information content (AvgIpc) is 3.00. The second-order valence-corrected chi connectivity index (χ2v) is 5.97. The second kappa shape index (κ2) is 6.11. The van der Waals surface area contributed by atoms with Crippen molar-refractivity contribution in [2.45, 2.75) is 25.2 Å². The van der Waals surface area contributed by atoms with Crippen LogP contribution in [0.15, 0.2) is 5.38 Å². The van der Waals surface area contributed by atoms with Crippen molar-refractivity contribution in [3.63, 3.8) is 0 Å². The van der Waals surface area contributed by atoms with E-state index in [1.165, 1.54) is 16.8 Å². The number of rotatable bonds is 3. The van der Waals surface area contributed by atoms with Gasteiger partial charge in [-0.2, -0.15) is 13.2 Å². The summed E-state index contributed by atoms with van der Waals surface area (Å²) in [6.45, 7) is 0.512. The van der Waals surface area contributed by atoms with E-state index in [4.69, 9.17) is 0 Å². The summed E-state index contributed by atoms with van der Waals surface area (Å²) in [5, 5.41) is 3.66. The highest BCUT2D eigenvalue weighted by Gasteiger charge is 2.34. The zero-order valence-corrected chi connectivity index (χ0v) is 12.8. The summed E-state index contributed by atoms with van der Waals surface area (Å²) in [6, 6.07) is -1.10. The van der Waals surface area contributed by atoms with Crippen molar-refractivity contribution in [2.75, 3.05) is 20.6 Å². The Morgan fingerprint density at radius 2 is 2.27 bits per heavy atom. The zero-order valence-electron chi connectivity index (χ0n) is 12.0. The molecule has 0 saturated carbocycles. The van der Waals surface area contributed by atoms with Gasteiger partial charge in [0.1, 0.15) is 11.0 Å². The van der Waals surface area contributed by atoms with Crippen LogP contribution < -0.4 is 5.32 Å². The van der Waals surface area contributed by atoms with Crippen LogP contribution in [0.5, 0.6) is 0 Å². The minimum absolute atomic E-state index is 0.0523. The summed E-state index contributed by atoms with van der Waals surface area (Å²) in [7, 11) is 3.08. The smallest absolute Gasteiger partial charge is 0.344 e. The SMILES string of the molecule is CN(Cc1nc(C(F)(F)F)cs1)C(=O)N[C@H]1CCN(C)C1=O. The topological polar surface area (TPSA) is 65.5 Å². The molecule has 1 aliphatic heterocycles. The minimum atomic E-state index is -4.49. The lowest BCUT2D eigenvalue weighted by molar-refractivity contribution is -0.140. The van der Waals surface area contributed by atoms with Crippen LogP contribution >= 0.6 is 11.3 Å². The minimum Gasteiger partial charge on any atom is -0.344 e. The first-order valence-corrected chi connectivity index (χ1v) is 7.34. The van der Waals surface area contributed by atoms with E-state index in [-0.39, 0.29) is 17.5 Å². The Bertz CT molecular complexity index is 575. The second-order valence-electron chi connectivity index (χ2n) is 5.03. The van der Waals surface area contributed by atoms with Crippen LogP contribution in [0.25, 0.3) is 0 Å². The van der Waals surface area contributed by atoms with E-state index in [1.807, 2.05) is 0 Å². The first-order valence-electron chi connectivity index (χ1n) is 6.46. The molecule has 0 radical (unpaired) electrons. The number of alkyl halides is 3. The number of aromatic nitrogens is 1. The van der Waals surface area contributed by atoms with Gasteiger partial charge in [-0.1, -0.05) is 0 Å². The van der Waals surface area contributed by atoms with Crippen LogP contribution in [-0.2, 0) is 17.5 Å². The Hall–Kier alpha value is -1.84. The standard InChI is InChI=1S/C12H15F3N4O2S/c1-18-4-3-7(10(18)20)16-11(21)19(2)5-9-17-8(6-22-9)12(13,14)15/h6-7H,3-5H2,1-2H3,(H,16,21)/t7-/m0/s1. The van der Waals surface area contributed by atoms with Gasteiger partial charge in [0.15, 0.2) is 5.69 Å². The fourth-order valence-corrected chi connectivity index (χ4v) is 2.86. The van der Waals surface area contributed by atoms with E-state index in [0.717, 1.165) is 16.7 Å². The Morgan fingerprint density at radius 3 is 2.77 bits per heavy atom. The monoisotopic (exact) mass is 336 g/mol. The number of halogens is 3. The third-order valence-corrected chi connectivity index (χ3v) is 4.12. The van der Waals surface area contributed by atoms with Crippen molar-refractivity contribution >= 4 is 23.3 Å². The molecule has 6 nitrogen and oxygen atoms in total. The summed E-state index contributed by atoms with van der Waals surface area (Å²) in [5.74, 6) is -0.171. The average molecular weight is 336 g/mol. The predicted molar refractivity (Wildman–Crippen MR) is 73.2 cm³/mol. The van der Waals surface area contributed by atoms with Gasteiger partial charge in [-0.05, 0) is 6.42 Å². The Balaban J connectivity index is 1.91. The number of likely N-dealkylation sites (N-methyl/N-ethyl adjacent to an activating group) is 1. The molecule has 3 amide bonds. The van der Waals surface area contributed by atoms with Crippen LogP contribution in [0, 0.1) is 0 Å². The van der Waals surface area contributed by atoms with Crippen molar-refractivity contribution in [2.24, 2.45) is 0 Å². The molecule has 22 heavy (non-hydrogen) atoms. The van der Waals surface area contributed by atoms with Gasteiger partial charge in [-0.3, -0.25) is 4.79 Å². The molecule has 1 atom stereocenters. The van der Waals surface area contributed by atoms with Crippen molar-refractivity contribution in [3.8, 4) is 0 Å². The zero-order chi connectivity index (χ0) is 16.5. The summed E-state index contributed by atoms with van der Waals surface area (Å²) >= 11 is 0.838. The molecule has 1 fully saturated rings. The van der Waals surface area contributed by atoms with E-state index in [1.54, 1.807) is 7.05 Å². The van der Waals surface area contributed by atoms with E-state index in [9.17, 15) is 22.8 Å². The fraction of sp³-hybridized carbons (Fsp3) is 0.583. The molecule has 1 aliphatic rings. The van der Waals surface area contributed by atoms with E-state index in [2.05, 4.69) is 10.3 Å². The number of urea groups is 1. The Labute approximate surface area is 128 Å². The van der Waals surface area contributed by atoms with Crippen LogP contribution in [0.4, 0.5) is 18.0 Å². The summed E-state index contributed by atoms with van der Waals surface area (Å²) in [6.07, 6.45) is -3.97. The van der Waals surface area contributed by atoms with Crippen molar-refractivity contribution < 1.29 is 22.8 Å². The molecule has 1 N–H and O–H groups in total. The van der Waals surface area contributed by atoms with Crippen LogP contribution in [0.2, 0.25) is 0 Å². The van der Waals surface area contributed by atoms with Crippen LogP contribution in [0.3, 0.4) is 0 Å². The quantitative estimate of drug-likeness (QED) is 0.910. The van der Waals surface area contributed by atoms with E-state index in [0.29, 0.717) is 13.0 Å². The van der Waals surface area contributed by atoms with Crippen molar-refractivity contribution in [3.05, 3.63) is 16.1 Å². The Morgan fingerprint density at radius 1 is 1.59 bits per heavy atom. The van der Waals surface area contributed by atoms with Crippen LogP contribution in [-0.4, -0.2) is 53.4 Å². The summed E-state index contributed by atoms with van der Waals surface area (Å²) in [4.78, 5) is 29.8. The molecule has 0 aromatic carbocycles. The molecule has 122 valence electrons. The molecular weight excluding hydrogens is 321 g/mol. The van der Waals surface area contributed by atoms with Gasteiger partial charge in [0, 0.05) is 26.0 Å². The highest BCUT2D eigenvalue weighted by molar-refractivity contribution is 7.09. The predicted octanol–water partition coefficient (Wildman–Crippen LogP) is 1.53. The molecular formula is C12H15F3N4O2S. The number of nitrogens with zero attached hydrogens (tertiary/aromatic N) is 3. The number of carbonyl (C=O) groups excluding carboxylic acids is 2. The van der Waals surface area contributed by atoms with E-state index >= 15 is 0 Å². The molecule has 1 aromatic heterocycles. The Kier molecular flexibility index (Phi) is 4.59. The highest BCUT2D eigenvalue weighted by Crippen LogP contribution is 2.30. The fourth-order valence-electron chi connectivity index (χ4n) is 2.00. The molecule has 2 heterocycles. The third kappa shape index (κ3) is 3.67.